The van der Waals surface area contributed by atoms with Gasteiger partial charge in [0.1, 0.15) is 5.78 Å². The van der Waals surface area contributed by atoms with E-state index in [9.17, 15) is 4.79 Å². The predicted molar refractivity (Wildman–Crippen MR) is 69.6 cm³/mol. The van der Waals surface area contributed by atoms with Crippen LogP contribution < -0.4 is 5.73 Å². The quantitative estimate of drug-likeness (QED) is 0.824. The van der Waals surface area contributed by atoms with Crippen LogP contribution in [0.15, 0.2) is 18.3 Å². The summed E-state index contributed by atoms with van der Waals surface area (Å²) < 4.78 is 1.91. The third-order valence-electron chi connectivity index (χ3n) is 3.96. The molecule has 0 aromatic carbocycles. The van der Waals surface area contributed by atoms with Crippen molar-refractivity contribution >= 4 is 11.3 Å². The Balaban J connectivity index is 2.15. The molecular weight excluding hydrogens is 226 g/mol. The van der Waals surface area contributed by atoms with Gasteiger partial charge in [-0.25, -0.2) is 4.52 Å². The average Bonchev–Trinajstić information content (AvgIpc) is 2.65. The molecule has 0 radical (unpaired) electrons. The Bertz CT molecular complexity index is 644. The van der Waals surface area contributed by atoms with Crippen molar-refractivity contribution < 1.29 is 4.79 Å². The van der Waals surface area contributed by atoms with Crippen LogP contribution in [0.5, 0.6) is 0 Å². The van der Waals surface area contributed by atoms with E-state index in [2.05, 4.69) is 17.2 Å². The normalized spacial score (nSPS) is 23.1. The third kappa shape index (κ3) is 1.56. The maximum absolute atomic E-state index is 11.7. The first-order valence-corrected chi connectivity index (χ1v) is 6.26. The fourth-order valence-electron chi connectivity index (χ4n) is 2.69. The summed E-state index contributed by atoms with van der Waals surface area (Å²) in [6.07, 6.45) is 4.09. The zero-order chi connectivity index (χ0) is 12.9. The number of fused-ring (bicyclic) bond motifs is 3. The highest BCUT2D eigenvalue weighted by Gasteiger charge is 2.36. The molecule has 0 spiro atoms. The lowest BCUT2D eigenvalue weighted by molar-refractivity contribution is -0.122. The summed E-state index contributed by atoms with van der Waals surface area (Å²) in [6.45, 7) is 3.63. The number of aryl methyl sites for hydroxylation is 2. The summed E-state index contributed by atoms with van der Waals surface area (Å²) in [5.74, 6) is 0.0691. The molecule has 4 heteroatoms. The summed E-state index contributed by atoms with van der Waals surface area (Å²) in [7, 11) is 0. The van der Waals surface area contributed by atoms with E-state index in [0.29, 0.717) is 12.8 Å². The Morgan fingerprint density at radius 3 is 3.00 bits per heavy atom. The molecule has 0 fully saturated rings. The highest BCUT2D eigenvalue weighted by atomic mass is 16.1. The molecule has 1 atom stereocenters. The number of pyridine rings is 1. The lowest BCUT2D eigenvalue weighted by Gasteiger charge is -2.30. The van der Waals surface area contributed by atoms with Gasteiger partial charge < -0.3 is 5.73 Å². The number of hydrogen-bond acceptors (Lipinski definition) is 3. The SMILES string of the molecule is CC(=O)C1(N)CCc2nn3cc(C)ccc3c2C1. The fraction of sp³-hybridized carbons (Fsp3) is 0.429. The molecule has 2 heterocycles. The van der Waals surface area contributed by atoms with E-state index in [1.54, 1.807) is 6.92 Å². The minimum Gasteiger partial charge on any atom is -0.319 e. The van der Waals surface area contributed by atoms with E-state index >= 15 is 0 Å². The van der Waals surface area contributed by atoms with Crippen LogP contribution in [-0.4, -0.2) is 20.9 Å². The van der Waals surface area contributed by atoms with Crippen molar-refractivity contribution in [2.45, 2.75) is 38.6 Å². The molecule has 18 heavy (non-hydrogen) atoms. The number of nitrogens with two attached hydrogens (primary N) is 1. The Morgan fingerprint density at radius 1 is 1.50 bits per heavy atom. The molecule has 0 saturated carbocycles. The molecule has 0 bridgehead atoms. The minimum absolute atomic E-state index is 0.0691. The Morgan fingerprint density at radius 2 is 2.28 bits per heavy atom. The number of hydrogen-bond donors (Lipinski definition) is 1. The molecule has 1 aliphatic rings. The van der Waals surface area contributed by atoms with Crippen molar-refractivity contribution in [2.24, 2.45) is 5.73 Å². The van der Waals surface area contributed by atoms with Crippen molar-refractivity contribution in [3.8, 4) is 0 Å². The topological polar surface area (TPSA) is 60.4 Å². The Kier molecular flexibility index (Phi) is 2.32. The lowest BCUT2D eigenvalue weighted by Crippen LogP contribution is -2.50. The molecular formula is C14H17N3O. The number of carbonyl (C=O) groups is 1. The van der Waals surface area contributed by atoms with Gasteiger partial charge in [0.05, 0.1) is 16.7 Å². The van der Waals surface area contributed by atoms with E-state index in [1.165, 1.54) is 5.56 Å². The maximum Gasteiger partial charge on any atom is 0.149 e. The number of Topliss-reactive ketones (excluding diaryl/α,β-unsaturated/α-hetero) is 1. The van der Waals surface area contributed by atoms with Crippen molar-refractivity contribution in [3.63, 3.8) is 0 Å². The second-order valence-corrected chi connectivity index (χ2v) is 5.35. The van der Waals surface area contributed by atoms with Crippen LogP contribution in [0, 0.1) is 6.92 Å². The third-order valence-corrected chi connectivity index (χ3v) is 3.96. The van der Waals surface area contributed by atoms with Crippen molar-refractivity contribution in [1.29, 1.82) is 0 Å². The summed E-state index contributed by atoms with van der Waals surface area (Å²) in [5, 5.41) is 4.59. The summed E-state index contributed by atoms with van der Waals surface area (Å²) in [4.78, 5) is 11.7. The number of aromatic nitrogens is 2. The van der Waals surface area contributed by atoms with Crippen molar-refractivity contribution in [1.82, 2.24) is 9.61 Å². The van der Waals surface area contributed by atoms with Crippen LogP contribution in [0.4, 0.5) is 0 Å². The molecule has 2 aromatic heterocycles. The molecule has 1 aliphatic carbocycles. The first kappa shape index (κ1) is 11.4. The molecule has 2 N–H and O–H groups in total. The van der Waals surface area contributed by atoms with Gasteiger partial charge in [0.2, 0.25) is 0 Å². The largest absolute Gasteiger partial charge is 0.319 e. The Hall–Kier alpha value is -1.68. The van der Waals surface area contributed by atoms with E-state index in [-0.39, 0.29) is 5.78 Å². The van der Waals surface area contributed by atoms with E-state index < -0.39 is 5.54 Å². The van der Waals surface area contributed by atoms with Crippen LogP contribution >= 0.6 is 0 Å². The average molecular weight is 243 g/mol. The summed E-state index contributed by atoms with van der Waals surface area (Å²) in [6, 6.07) is 4.13. The zero-order valence-electron chi connectivity index (χ0n) is 10.7. The first-order chi connectivity index (χ1) is 8.49. The van der Waals surface area contributed by atoms with Crippen molar-refractivity contribution in [2.75, 3.05) is 0 Å². The smallest absolute Gasteiger partial charge is 0.149 e. The van der Waals surface area contributed by atoms with Gasteiger partial charge in [-0.2, -0.15) is 5.10 Å². The maximum atomic E-state index is 11.7. The van der Waals surface area contributed by atoms with Gasteiger partial charge in [-0.1, -0.05) is 6.07 Å². The summed E-state index contributed by atoms with van der Waals surface area (Å²) in [5.41, 5.74) is 9.98. The lowest BCUT2D eigenvalue weighted by atomic mass is 9.78. The van der Waals surface area contributed by atoms with Crippen LogP contribution in [-0.2, 0) is 17.6 Å². The second-order valence-electron chi connectivity index (χ2n) is 5.35. The van der Waals surface area contributed by atoms with E-state index in [1.807, 2.05) is 17.6 Å². The first-order valence-electron chi connectivity index (χ1n) is 6.26. The molecule has 1 unspecified atom stereocenters. The highest BCUT2D eigenvalue weighted by Crippen LogP contribution is 2.30. The molecule has 0 saturated heterocycles. The molecule has 0 aliphatic heterocycles. The second kappa shape index (κ2) is 3.65. The van der Waals surface area contributed by atoms with E-state index in [4.69, 9.17) is 5.73 Å². The number of ketones is 1. The fourth-order valence-corrected chi connectivity index (χ4v) is 2.69. The number of rotatable bonds is 1. The van der Waals surface area contributed by atoms with Gasteiger partial charge in [-0.15, -0.1) is 0 Å². The summed E-state index contributed by atoms with van der Waals surface area (Å²) >= 11 is 0. The Labute approximate surface area is 106 Å². The van der Waals surface area contributed by atoms with Crippen LogP contribution in [0.25, 0.3) is 5.52 Å². The molecule has 2 aromatic rings. The van der Waals surface area contributed by atoms with Crippen molar-refractivity contribution in [3.05, 3.63) is 35.2 Å². The molecule has 94 valence electrons. The van der Waals surface area contributed by atoms with E-state index in [0.717, 1.165) is 23.2 Å². The zero-order valence-corrected chi connectivity index (χ0v) is 10.7. The van der Waals surface area contributed by atoms with Crippen LogP contribution in [0.3, 0.4) is 0 Å². The van der Waals surface area contributed by atoms with Gasteiger partial charge >= 0.3 is 0 Å². The molecule has 3 rings (SSSR count). The highest BCUT2D eigenvalue weighted by molar-refractivity contribution is 5.87. The van der Waals surface area contributed by atoms with Crippen LogP contribution in [0.2, 0.25) is 0 Å². The molecule has 4 nitrogen and oxygen atoms in total. The van der Waals surface area contributed by atoms with Gasteiger partial charge in [0, 0.05) is 18.2 Å². The minimum atomic E-state index is -0.707. The van der Waals surface area contributed by atoms with Gasteiger partial charge in [0.25, 0.3) is 0 Å². The van der Waals surface area contributed by atoms with Gasteiger partial charge in [0.15, 0.2) is 0 Å². The van der Waals surface area contributed by atoms with Gasteiger partial charge in [-0.3, -0.25) is 4.79 Å². The monoisotopic (exact) mass is 243 g/mol. The number of carbonyl (C=O) groups excluding carboxylic acids is 1. The predicted octanol–water partition coefficient (Wildman–Crippen LogP) is 1.42. The number of nitrogens with zero attached hydrogens (tertiary/aromatic N) is 2. The van der Waals surface area contributed by atoms with Crippen LogP contribution in [0.1, 0.15) is 30.2 Å². The van der Waals surface area contributed by atoms with Gasteiger partial charge in [-0.05, 0) is 38.3 Å². The molecule has 0 amide bonds. The standard InChI is InChI=1S/C14H17N3O/c1-9-3-4-13-11-7-14(15,10(2)18)6-5-12(11)16-17(13)8-9/h3-4,8H,5-7,15H2,1-2H3.